The van der Waals surface area contributed by atoms with Crippen molar-refractivity contribution in [3.05, 3.63) is 234 Å². The maximum Gasteiger partial charge on any atom is 0.127 e. The standard InChI is InChI=1S/C57H51NO/c1-6-40(2)41-23-34-50(35-24-41)59-51-36-29-46(30-37-51)57(45-27-25-44(26-28-45)56(3,4)5)54-20-14-13-19-52(54)53-38-33-49(39-55(53)57)58(47-17-11-8-12-18-47)48-31-21-43(22-32-48)42-15-9-7-10-16-42/h7-40H,6H2,1-5H3. The first-order chi connectivity index (χ1) is 28.7. The monoisotopic (exact) mass is 765 g/mol. The molecule has 0 amide bonds. The molecule has 0 saturated heterocycles. The van der Waals surface area contributed by atoms with Gasteiger partial charge in [-0.15, -0.1) is 0 Å². The molecule has 290 valence electrons. The molecule has 1 aliphatic rings. The van der Waals surface area contributed by atoms with Gasteiger partial charge in [0.15, 0.2) is 0 Å². The number of anilines is 3. The lowest BCUT2D eigenvalue weighted by Gasteiger charge is -2.35. The highest BCUT2D eigenvalue weighted by atomic mass is 16.5. The fraction of sp³-hybridized carbons (Fsp3) is 0.158. The first-order valence-corrected chi connectivity index (χ1v) is 21.0. The highest BCUT2D eigenvalue weighted by Gasteiger charge is 2.46. The molecule has 2 unspecified atom stereocenters. The minimum absolute atomic E-state index is 0.0301. The van der Waals surface area contributed by atoms with Crippen molar-refractivity contribution in [3.63, 3.8) is 0 Å². The zero-order chi connectivity index (χ0) is 40.6. The number of fused-ring (bicyclic) bond motifs is 3. The van der Waals surface area contributed by atoms with Crippen LogP contribution in [0.4, 0.5) is 17.1 Å². The summed E-state index contributed by atoms with van der Waals surface area (Å²) < 4.78 is 6.47. The van der Waals surface area contributed by atoms with E-state index in [1.54, 1.807) is 0 Å². The molecule has 9 rings (SSSR count). The molecule has 0 heterocycles. The van der Waals surface area contributed by atoms with Crippen molar-refractivity contribution < 1.29 is 4.74 Å². The average Bonchev–Trinajstić information content (AvgIpc) is 3.58. The molecule has 0 N–H and O–H groups in total. The van der Waals surface area contributed by atoms with E-state index < -0.39 is 5.41 Å². The molecular formula is C57H51NO. The van der Waals surface area contributed by atoms with Gasteiger partial charge in [0.2, 0.25) is 0 Å². The highest BCUT2D eigenvalue weighted by Crippen LogP contribution is 2.57. The van der Waals surface area contributed by atoms with Crippen LogP contribution in [-0.2, 0) is 10.8 Å². The summed E-state index contributed by atoms with van der Waals surface area (Å²) in [5, 5.41) is 0. The van der Waals surface area contributed by atoms with Gasteiger partial charge in [-0.3, -0.25) is 0 Å². The molecule has 59 heavy (non-hydrogen) atoms. The summed E-state index contributed by atoms with van der Waals surface area (Å²) in [6.07, 6.45) is 1.11. The average molecular weight is 766 g/mol. The second-order valence-electron chi connectivity index (χ2n) is 16.9. The Hall–Kier alpha value is -6.64. The third-order valence-corrected chi connectivity index (χ3v) is 12.3. The van der Waals surface area contributed by atoms with Gasteiger partial charge in [-0.2, -0.15) is 0 Å². The van der Waals surface area contributed by atoms with Crippen LogP contribution in [0.2, 0.25) is 0 Å². The largest absolute Gasteiger partial charge is 0.457 e. The van der Waals surface area contributed by atoms with E-state index in [0.29, 0.717) is 5.92 Å². The maximum absolute atomic E-state index is 6.47. The van der Waals surface area contributed by atoms with Crippen LogP contribution < -0.4 is 9.64 Å². The minimum Gasteiger partial charge on any atom is -0.457 e. The maximum atomic E-state index is 6.47. The van der Waals surface area contributed by atoms with Gasteiger partial charge in [-0.25, -0.2) is 0 Å². The topological polar surface area (TPSA) is 12.5 Å². The molecule has 2 nitrogen and oxygen atoms in total. The molecule has 0 aliphatic heterocycles. The summed E-state index contributed by atoms with van der Waals surface area (Å²) in [7, 11) is 0. The zero-order valence-corrected chi connectivity index (χ0v) is 34.7. The van der Waals surface area contributed by atoms with Crippen LogP contribution in [0.1, 0.15) is 80.3 Å². The number of ether oxygens (including phenoxy) is 1. The van der Waals surface area contributed by atoms with Crippen LogP contribution in [0.5, 0.6) is 11.5 Å². The van der Waals surface area contributed by atoms with Crippen LogP contribution in [0.15, 0.2) is 200 Å². The third-order valence-electron chi connectivity index (χ3n) is 12.3. The molecule has 1 aliphatic carbocycles. The molecule has 0 fully saturated rings. The van der Waals surface area contributed by atoms with Crippen LogP contribution in [-0.4, -0.2) is 0 Å². The second-order valence-corrected chi connectivity index (χ2v) is 16.9. The molecule has 0 bridgehead atoms. The highest BCUT2D eigenvalue weighted by molar-refractivity contribution is 5.89. The Bertz CT molecular complexity index is 2670. The Morgan fingerprint density at radius 2 is 1.00 bits per heavy atom. The lowest BCUT2D eigenvalue weighted by Crippen LogP contribution is -2.29. The van der Waals surface area contributed by atoms with Crippen LogP contribution >= 0.6 is 0 Å². The number of hydrogen-bond acceptors (Lipinski definition) is 2. The number of benzene rings is 8. The lowest BCUT2D eigenvalue weighted by atomic mass is 9.67. The van der Waals surface area contributed by atoms with E-state index in [2.05, 4.69) is 240 Å². The van der Waals surface area contributed by atoms with E-state index in [1.807, 2.05) is 0 Å². The Labute approximate surface area is 350 Å². The molecule has 0 saturated carbocycles. The summed E-state index contributed by atoms with van der Waals surface area (Å²) in [6.45, 7) is 11.3. The molecule has 0 radical (unpaired) electrons. The van der Waals surface area contributed by atoms with E-state index in [0.717, 1.165) is 35.0 Å². The number of hydrogen-bond donors (Lipinski definition) is 0. The Morgan fingerprint density at radius 1 is 0.492 bits per heavy atom. The van der Waals surface area contributed by atoms with Gasteiger partial charge >= 0.3 is 0 Å². The number of nitrogens with zero attached hydrogens (tertiary/aromatic N) is 1. The summed E-state index contributed by atoms with van der Waals surface area (Å²) in [5.74, 6) is 2.18. The van der Waals surface area contributed by atoms with Crippen molar-refractivity contribution >= 4 is 17.1 Å². The van der Waals surface area contributed by atoms with Gasteiger partial charge in [0.05, 0.1) is 5.41 Å². The first-order valence-electron chi connectivity index (χ1n) is 21.0. The summed E-state index contributed by atoms with van der Waals surface area (Å²) in [6, 6.07) is 73.0. The molecule has 8 aromatic carbocycles. The summed E-state index contributed by atoms with van der Waals surface area (Å²) in [5.41, 5.74) is 15.3. The molecule has 0 aromatic heterocycles. The normalized spacial score (nSPS) is 14.9. The van der Waals surface area contributed by atoms with Crippen molar-refractivity contribution in [2.45, 2.75) is 57.8 Å². The van der Waals surface area contributed by atoms with Crippen molar-refractivity contribution in [2.75, 3.05) is 4.90 Å². The molecule has 2 atom stereocenters. The lowest BCUT2D eigenvalue weighted by molar-refractivity contribution is 0.481. The van der Waals surface area contributed by atoms with Gasteiger partial charge in [-0.05, 0) is 134 Å². The van der Waals surface area contributed by atoms with Crippen molar-refractivity contribution in [2.24, 2.45) is 0 Å². The smallest absolute Gasteiger partial charge is 0.127 e. The van der Waals surface area contributed by atoms with Crippen LogP contribution in [0.3, 0.4) is 0 Å². The summed E-state index contributed by atoms with van der Waals surface area (Å²) >= 11 is 0. The van der Waals surface area contributed by atoms with Gasteiger partial charge < -0.3 is 9.64 Å². The van der Waals surface area contributed by atoms with Gasteiger partial charge in [0.1, 0.15) is 11.5 Å². The first kappa shape index (κ1) is 37.9. The predicted molar refractivity (Wildman–Crippen MR) is 248 cm³/mol. The fourth-order valence-corrected chi connectivity index (χ4v) is 8.88. The van der Waals surface area contributed by atoms with E-state index in [4.69, 9.17) is 4.74 Å². The van der Waals surface area contributed by atoms with Gasteiger partial charge in [-0.1, -0.05) is 174 Å². The third kappa shape index (κ3) is 7.04. The Morgan fingerprint density at radius 3 is 1.63 bits per heavy atom. The van der Waals surface area contributed by atoms with E-state index >= 15 is 0 Å². The zero-order valence-electron chi connectivity index (χ0n) is 34.7. The van der Waals surface area contributed by atoms with E-state index in [1.165, 1.54) is 55.6 Å². The number of rotatable bonds is 10. The fourth-order valence-electron chi connectivity index (χ4n) is 8.88. The quantitative estimate of drug-likeness (QED) is 0.137. The van der Waals surface area contributed by atoms with Crippen molar-refractivity contribution in [1.82, 2.24) is 0 Å². The van der Waals surface area contributed by atoms with Gasteiger partial charge in [0.25, 0.3) is 0 Å². The number of para-hydroxylation sites is 1. The van der Waals surface area contributed by atoms with E-state index in [-0.39, 0.29) is 5.41 Å². The van der Waals surface area contributed by atoms with Crippen LogP contribution in [0.25, 0.3) is 22.3 Å². The van der Waals surface area contributed by atoms with E-state index in [9.17, 15) is 0 Å². The Kier molecular flexibility index (Phi) is 10.0. The molecule has 8 aromatic rings. The van der Waals surface area contributed by atoms with Crippen LogP contribution in [0, 0.1) is 0 Å². The van der Waals surface area contributed by atoms with Crippen molar-refractivity contribution in [3.8, 4) is 33.8 Å². The molecule has 2 heteroatoms. The Balaban J connectivity index is 1.21. The van der Waals surface area contributed by atoms with Crippen molar-refractivity contribution in [1.29, 1.82) is 0 Å². The van der Waals surface area contributed by atoms with Gasteiger partial charge in [0, 0.05) is 17.1 Å². The molecular weight excluding hydrogens is 715 g/mol. The minimum atomic E-state index is -0.589. The SMILES string of the molecule is CCC(C)c1ccc(Oc2ccc(C3(c4ccc(C(C)(C)C)cc4)c4ccccc4-c4ccc(N(c5ccccc5)c5ccc(-c6ccccc6)cc5)cc43)cc2)cc1. The molecule has 0 spiro atoms. The summed E-state index contributed by atoms with van der Waals surface area (Å²) in [4.78, 5) is 2.38. The second kappa shape index (κ2) is 15.6. The predicted octanol–water partition coefficient (Wildman–Crippen LogP) is 15.8.